The van der Waals surface area contributed by atoms with Crippen LogP contribution in [-0.4, -0.2) is 4.98 Å². The number of aromatic nitrogens is 1. The summed E-state index contributed by atoms with van der Waals surface area (Å²) in [7, 11) is 0. The molecule has 2 aromatic rings. The molecular formula is C9H7ClN2S. The molecule has 13 heavy (non-hydrogen) atoms. The second-order valence-corrected chi connectivity index (χ2v) is 3.82. The van der Waals surface area contributed by atoms with Crippen molar-refractivity contribution in [3.05, 3.63) is 34.7 Å². The number of nitrogen functional groups attached to an aromatic ring is 1. The minimum absolute atomic E-state index is 0.542. The van der Waals surface area contributed by atoms with Crippen LogP contribution < -0.4 is 5.73 Å². The lowest BCUT2D eigenvalue weighted by molar-refractivity contribution is 1.42. The Kier molecular flexibility index (Phi) is 2.20. The zero-order chi connectivity index (χ0) is 9.26. The van der Waals surface area contributed by atoms with Gasteiger partial charge < -0.3 is 5.73 Å². The molecule has 1 aromatic carbocycles. The van der Waals surface area contributed by atoms with Gasteiger partial charge in [-0.2, -0.15) is 0 Å². The van der Waals surface area contributed by atoms with E-state index in [9.17, 15) is 0 Å². The molecule has 0 radical (unpaired) electrons. The van der Waals surface area contributed by atoms with Gasteiger partial charge >= 0.3 is 0 Å². The molecule has 0 bridgehead atoms. The van der Waals surface area contributed by atoms with Crippen LogP contribution in [0.25, 0.3) is 10.6 Å². The van der Waals surface area contributed by atoms with Crippen molar-refractivity contribution >= 4 is 28.8 Å². The Bertz CT molecular complexity index is 425. The maximum absolute atomic E-state index is 5.99. The number of halogens is 1. The van der Waals surface area contributed by atoms with E-state index in [-0.39, 0.29) is 0 Å². The molecule has 1 aromatic heterocycles. The van der Waals surface area contributed by atoms with Gasteiger partial charge in [-0.25, -0.2) is 4.98 Å². The predicted octanol–water partition coefficient (Wildman–Crippen LogP) is 3.05. The Labute approximate surface area is 85.0 Å². The summed E-state index contributed by atoms with van der Waals surface area (Å²) in [6.45, 7) is 0. The van der Waals surface area contributed by atoms with Gasteiger partial charge in [-0.1, -0.05) is 29.8 Å². The maximum atomic E-state index is 5.99. The average molecular weight is 211 g/mol. The Morgan fingerprint density at radius 1 is 1.31 bits per heavy atom. The van der Waals surface area contributed by atoms with Crippen molar-refractivity contribution in [3.63, 3.8) is 0 Å². The van der Waals surface area contributed by atoms with Crippen LogP contribution in [-0.2, 0) is 0 Å². The highest BCUT2D eigenvalue weighted by atomic mass is 35.5. The number of anilines is 1. The highest BCUT2D eigenvalue weighted by Gasteiger charge is 2.05. The summed E-state index contributed by atoms with van der Waals surface area (Å²) in [5, 5.41) is 3.37. The zero-order valence-electron chi connectivity index (χ0n) is 6.70. The van der Waals surface area contributed by atoms with Gasteiger partial charge in [0.2, 0.25) is 0 Å². The zero-order valence-corrected chi connectivity index (χ0v) is 8.27. The van der Waals surface area contributed by atoms with Crippen molar-refractivity contribution in [2.75, 3.05) is 5.73 Å². The van der Waals surface area contributed by atoms with Crippen LogP contribution in [0.5, 0.6) is 0 Å². The van der Waals surface area contributed by atoms with Gasteiger partial charge in [0.05, 0.1) is 5.02 Å². The molecule has 0 amide bonds. The third kappa shape index (κ3) is 1.66. The SMILES string of the molecule is Nc1csc(-c2ccccc2Cl)n1. The molecule has 0 atom stereocenters. The monoisotopic (exact) mass is 210 g/mol. The highest BCUT2D eigenvalue weighted by Crippen LogP contribution is 2.30. The van der Waals surface area contributed by atoms with Gasteiger partial charge in [0.25, 0.3) is 0 Å². The lowest BCUT2D eigenvalue weighted by Gasteiger charge is -1.97. The molecule has 1 heterocycles. The second-order valence-electron chi connectivity index (χ2n) is 2.56. The quantitative estimate of drug-likeness (QED) is 0.786. The first-order valence-corrected chi connectivity index (χ1v) is 4.99. The first kappa shape index (κ1) is 8.53. The van der Waals surface area contributed by atoms with Crippen molar-refractivity contribution < 1.29 is 0 Å². The summed E-state index contributed by atoms with van der Waals surface area (Å²) < 4.78 is 0. The molecule has 2 rings (SSSR count). The minimum Gasteiger partial charge on any atom is -0.383 e. The third-order valence-electron chi connectivity index (χ3n) is 1.63. The highest BCUT2D eigenvalue weighted by molar-refractivity contribution is 7.13. The number of rotatable bonds is 1. The Morgan fingerprint density at radius 3 is 2.69 bits per heavy atom. The minimum atomic E-state index is 0.542. The molecule has 0 fully saturated rings. The van der Waals surface area contributed by atoms with Crippen molar-refractivity contribution in [2.45, 2.75) is 0 Å². The van der Waals surface area contributed by atoms with E-state index in [2.05, 4.69) is 4.98 Å². The van der Waals surface area contributed by atoms with E-state index in [1.54, 1.807) is 5.38 Å². The van der Waals surface area contributed by atoms with E-state index in [1.165, 1.54) is 11.3 Å². The van der Waals surface area contributed by atoms with Crippen LogP contribution >= 0.6 is 22.9 Å². The molecule has 4 heteroatoms. The Hall–Kier alpha value is -1.06. The average Bonchev–Trinajstić information content (AvgIpc) is 2.53. The summed E-state index contributed by atoms with van der Waals surface area (Å²) in [6, 6.07) is 7.59. The second kappa shape index (κ2) is 3.36. The molecule has 0 aliphatic carbocycles. The lowest BCUT2D eigenvalue weighted by atomic mass is 10.2. The summed E-state index contributed by atoms with van der Waals surface area (Å²) >= 11 is 7.49. The van der Waals surface area contributed by atoms with Gasteiger partial charge in [0.1, 0.15) is 10.8 Å². The number of hydrogen-bond acceptors (Lipinski definition) is 3. The fraction of sp³-hybridized carbons (Fsp3) is 0. The number of nitrogens with zero attached hydrogens (tertiary/aromatic N) is 1. The lowest BCUT2D eigenvalue weighted by Crippen LogP contribution is -1.83. The molecule has 0 saturated heterocycles. The maximum Gasteiger partial charge on any atom is 0.135 e. The van der Waals surface area contributed by atoms with Crippen LogP contribution in [0.3, 0.4) is 0 Å². The first-order valence-electron chi connectivity index (χ1n) is 3.73. The van der Waals surface area contributed by atoms with Crippen molar-refractivity contribution in [1.29, 1.82) is 0 Å². The van der Waals surface area contributed by atoms with Crippen LogP contribution in [0, 0.1) is 0 Å². The normalized spacial score (nSPS) is 10.2. The standard InChI is InChI=1S/C9H7ClN2S/c10-7-4-2-1-3-6(7)9-12-8(11)5-13-9/h1-5H,11H2. The number of thiazole rings is 1. The molecule has 0 aliphatic heterocycles. The Balaban J connectivity index is 2.52. The van der Waals surface area contributed by atoms with Crippen molar-refractivity contribution in [2.24, 2.45) is 0 Å². The molecule has 2 nitrogen and oxygen atoms in total. The topological polar surface area (TPSA) is 38.9 Å². The summed E-state index contributed by atoms with van der Waals surface area (Å²) in [6.07, 6.45) is 0. The van der Waals surface area contributed by atoms with Gasteiger partial charge in [-0.05, 0) is 6.07 Å². The van der Waals surface area contributed by atoms with E-state index >= 15 is 0 Å². The van der Waals surface area contributed by atoms with Crippen LogP contribution in [0.2, 0.25) is 5.02 Å². The molecule has 0 spiro atoms. The van der Waals surface area contributed by atoms with Crippen molar-refractivity contribution in [3.8, 4) is 10.6 Å². The van der Waals surface area contributed by atoms with Crippen LogP contribution in [0.1, 0.15) is 0 Å². The largest absolute Gasteiger partial charge is 0.383 e. The van der Waals surface area contributed by atoms with E-state index in [4.69, 9.17) is 17.3 Å². The first-order chi connectivity index (χ1) is 6.27. The van der Waals surface area contributed by atoms with Gasteiger partial charge in [0.15, 0.2) is 0 Å². The number of benzene rings is 1. The van der Waals surface area contributed by atoms with E-state index < -0.39 is 0 Å². The van der Waals surface area contributed by atoms with Gasteiger partial charge in [0, 0.05) is 10.9 Å². The van der Waals surface area contributed by atoms with E-state index in [0.717, 1.165) is 10.6 Å². The van der Waals surface area contributed by atoms with Crippen LogP contribution in [0.4, 0.5) is 5.82 Å². The summed E-state index contributed by atoms with van der Waals surface area (Å²) in [5.74, 6) is 0.542. The smallest absolute Gasteiger partial charge is 0.135 e. The third-order valence-corrected chi connectivity index (χ3v) is 2.85. The Morgan fingerprint density at radius 2 is 2.08 bits per heavy atom. The summed E-state index contributed by atoms with van der Waals surface area (Å²) in [4.78, 5) is 4.15. The molecule has 0 unspecified atom stereocenters. The number of nitrogens with two attached hydrogens (primary N) is 1. The molecule has 66 valence electrons. The van der Waals surface area contributed by atoms with E-state index in [1.807, 2.05) is 24.3 Å². The van der Waals surface area contributed by atoms with E-state index in [0.29, 0.717) is 10.8 Å². The number of hydrogen-bond donors (Lipinski definition) is 1. The fourth-order valence-corrected chi connectivity index (χ4v) is 2.07. The van der Waals surface area contributed by atoms with Crippen LogP contribution in [0.15, 0.2) is 29.6 Å². The molecular weight excluding hydrogens is 204 g/mol. The van der Waals surface area contributed by atoms with Gasteiger partial charge in [-0.15, -0.1) is 11.3 Å². The predicted molar refractivity (Wildman–Crippen MR) is 57.0 cm³/mol. The summed E-state index contributed by atoms with van der Waals surface area (Å²) in [5.41, 5.74) is 6.46. The molecule has 0 saturated carbocycles. The molecule has 0 aliphatic rings. The molecule has 2 N–H and O–H groups in total. The van der Waals surface area contributed by atoms with Crippen molar-refractivity contribution in [1.82, 2.24) is 4.98 Å². The fourth-order valence-electron chi connectivity index (χ4n) is 1.04. The van der Waals surface area contributed by atoms with Gasteiger partial charge in [-0.3, -0.25) is 0 Å².